The van der Waals surface area contributed by atoms with Gasteiger partial charge in [0.25, 0.3) is 0 Å². The van der Waals surface area contributed by atoms with Crippen LogP contribution >= 0.6 is 0 Å². The van der Waals surface area contributed by atoms with E-state index in [-0.39, 0.29) is 0 Å². The van der Waals surface area contributed by atoms with Crippen molar-refractivity contribution in [2.75, 3.05) is 18.0 Å². The van der Waals surface area contributed by atoms with E-state index in [0.717, 1.165) is 24.4 Å². The summed E-state index contributed by atoms with van der Waals surface area (Å²) in [6.07, 6.45) is 6.24. The van der Waals surface area contributed by atoms with Gasteiger partial charge in [0.2, 0.25) is 0 Å². The molecular formula is C10H12N4. The summed E-state index contributed by atoms with van der Waals surface area (Å²) in [6.45, 7) is 2.22. The number of nitrogens with zero attached hydrogens (tertiary/aromatic N) is 3. The number of H-pyrrole nitrogens is 1. The van der Waals surface area contributed by atoms with Crippen LogP contribution in [0.25, 0.3) is 10.9 Å². The molecule has 1 aliphatic rings. The van der Waals surface area contributed by atoms with E-state index in [1.54, 1.807) is 6.20 Å². The fourth-order valence-corrected chi connectivity index (χ4v) is 2.04. The summed E-state index contributed by atoms with van der Waals surface area (Å²) < 4.78 is 0. The Kier molecular flexibility index (Phi) is 1.65. The Morgan fingerprint density at radius 2 is 2.14 bits per heavy atom. The van der Waals surface area contributed by atoms with E-state index < -0.39 is 0 Å². The third-order valence-electron chi connectivity index (χ3n) is 2.76. The lowest BCUT2D eigenvalue weighted by molar-refractivity contribution is 0.905. The van der Waals surface area contributed by atoms with Crippen LogP contribution in [-0.4, -0.2) is 28.3 Å². The van der Waals surface area contributed by atoms with Gasteiger partial charge in [0, 0.05) is 24.7 Å². The monoisotopic (exact) mass is 188 g/mol. The van der Waals surface area contributed by atoms with Crippen LogP contribution in [0.3, 0.4) is 0 Å². The third-order valence-corrected chi connectivity index (χ3v) is 2.76. The summed E-state index contributed by atoms with van der Waals surface area (Å²) in [5.74, 6) is 1.03. The van der Waals surface area contributed by atoms with E-state index in [1.165, 1.54) is 18.2 Å². The molecule has 2 aromatic heterocycles. The van der Waals surface area contributed by atoms with E-state index >= 15 is 0 Å². The van der Waals surface area contributed by atoms with Gasteiger partial charge in [0.05, 0.1) is 11.7 Å². The van der Waals surface area contributed by atoms with Crippen molar-refractivity contribution in [2.45, 2.75) is 12.8 Å². The molecule has 0 amide bonds. The van der Waals surface area contributed by atoms with Gasteiger partial charge in [0.1, 0.15) is 0 Å². The molecule has 4 nitrogen and oxygen atoms in total. The predicted octanol–water partition coefficient (Wildman–Crippen LogP) is 1.56. The second-order valence-electron chi connectivity index (χ2n) is 3.67. The first kappa shape index (κ1) is 7.79. The molecule has 1 fully saturated rings. The molecule has 0 aliphatic carbocycles. The molecule has 0 bridgehead atoms. The van der Waals surface area contributed by atoms with Gasteiger partial charge in [0.15, 0.2) is 5.82 Å². The Bertz CT molecular complexity index is 442. The molecule has 0 saturated carbocycles. The number of rotatable bonds is 1. The van der Waals surface area contributed by atoms with Crippen molar-refractivity contribution in [3.05, 3.63) is 18.5 Å². The summed E-state index contributed by atoms with van der Waals surface area (Å²) in [6, 6.07) is 2.07. The predicted molar refractivity (Wildman–Crippen MR) is 55.3 cm³/mol. The number of fused-ring (bicyclic) bond motifs is 1. The minimum Gasteiger partial charge on any atom is -0.360 e. The molecule has 1 N–H and O–H groups in total. The van der Waals surface area contributed by atoms with Crippen molar-refractivity contribution in [1.82, 2.24) is 15.2 Å². The minimum atomic E-state index is 1.03. The van der Waals surface area contributed by atoms with Crippen LogP contribution in [0.4, 0.5) is 5.82 Å². The fourth-order valence-electron chi connectivity index (χ4n) is 2.04. The minimum absolute atomic E-state index is 1.03. The van der Waals surface area contributed by atoms with Gasteiger partial charge in [-0.05, 0) is 18.9 Å². The first-order valence-electron chi connectivity index (χ1n) is 4.99. The van der Waals surface area contributed by atoms with E-state index in [4.69, 9.17) is 0 Å². The molecule has 3 heterocycles. The van der Waals surface area contributed by atoms with Crippen molar-refractivity contribution < 1.29 is 0 Å². The van der Waals surface area contributed by atoms with Crippen LogP contribution in [0, 0.1) is 0 Å². The van der Waals surface area contributed by atoms with Gasteiger partial charge in [-0.15, -0.1) is 5.10 Å². The molecule has 0 spiro atoms. The highest BCUT2D eigenvalue weighted by molar-refractivity contribution is 5.89. The van der Waals surface area contributed by atoms with Crippen LogP contribution in [0.1, 0.15) is 12.8 Å². The molecular weight excluding hydrogens is 176 g/mol. The number of nitrogens with one attached hydrogen (secondary N) is 1. The number of hydrogen-bond donors (Lipinski definition) is 1. The normalized spacial score (nSPS) is 16.7. The second-order valence-corrected chi connectivity index (χ2v) is 3.67. The van der Waals surface area contributed by atoms with Crippen molar-refractivity contribution in [2.24, 2.45) is 0 Å². The molecule has 2 aromatic rings. The summed E-state index contributed by atoms with van der Waals surface area (Å²) in [4.78, 5) is 5.46. The molecule has 0 aromatic carbocycles. The summed E-state index contributed by atoms with van der Waals surface area (Å²) in [5, 5.41) is 9.41. The Labute approximate surface area is 81.9 Å². The van der Waals surface area contributed by atoms with Gasteiger partial charge < -0.3 is 9.88 Å². The van der Waals surface area contributed by atoms with Crippen LogP contribution in [0.15, 0.2) is 18.5 Å². The van der Waals surface area contributed by atoms with Crippen LogP contribution in [0.5, 0.6) is 0 Å². The number of anilines is 1. The second kappa shape index (κ2) is 2.97. The lowest BCUT2D eigenvalue weighted by Crippen LogP contribution is -2.19. The quantitative estimate of drug-likeness (QED) is 0.738. The van der Waals surface area contributed by atoms with Crippen molar-refractivity contribution in [3.8, 4) is 0 Å². The molecule has 1 aliphatic heterocycles. The molecule has 4 heteroatoms. The zero-order valence-corrected chi connectivity index (χ0v) is 7.90. The van der Waals surface area contributed by atoms with Crippen LogP contribution in [0.2, 0.25) is 0 Å². The maximum Gasteiger partial charge on any atom is 0.160 e. The van der Waals surface area contributed by atoms with Gasteiger partial charge in [-0.25, -0.2) is 0 Å². The Hall–Kier alpha value is -1.58. The highest BCUT2D eigenvalue weighted by Crippen LogP contribution is 2.25. The van der Waals surface area contributed by atoms with Gasteiger partial charge in [-0.1, -0.05) is 0 Å². The molecule has 14 heavy (non-hydrogen) atoms. The SMILES string of the molecule is c1cc2c(N3CCCC3)nncc2[nH]1. The number of aromatic nitrogens is 3. The Balaban J connectivity index is 2.14. The summed E-state index contributed by atoms with van der Waals surface area (Å²) in [5.41, 5.74) is 1.07. The number of aromatic amines is 1. The highest BCUT2D eigenvalue weighted by atomic mass is 15.3. The fraction of sp³-hybridized carbons (Fsp3) is 0.400. The zero-order chi connectivity index (χ0) is 9.38. The maximum absolute atomic E-state index is 4.22. The first-order chi connectivity index (χ1) is 6.95. The summed E-state index contributed by atoms with van der Waals surface area (Å²) >= 11 is 0. The molecule has 0 atom stereocenters. The lowest BCUT2D eigenvalue weighted by Gasteiger charge is -2.15. The largest absolute Gasteiger partial charge is 0.360 e. The van der Waals surface area contributed by atoms with Gasteiger partial charge >= 0.3 is 0 Å². The average Bonchev–Trinajstić information content (AvgIpc) is 2.88. The van der Waals surface area contributed by atoms with E-state index in [0.29, 0.717) is 0 Å². The van der Waals surface area contributed by atoms with E-state index in [2.05, 4.69) is 26.1 Å². The van der Waals surface area contributed by atoms with E-state index in [9.17, 15) is 0 Å². The Morgan fingerprint density at radius 1 is 1.29 bits per heavy atom. The number of hydrogen-bond acceptors (Lipinski definition) is 3. The molecule has 0 unspecified atom stereocenters. The van der Waals surface area contributed by atoms with Gasteiger partial charge in [-0.3, -0.25) is 0 Å². The lowest BCUT2D eigenvalue weighted by atomic mass is 10.3. The third kappa shape index (κ3) is 1.07. The van der Waals surface area contributed by atoms with Crippen molar-refractivity contribution >= 4 is 16.7 Å². The smallest absolute Gasteiger partial charge is 0.160 e. The first-order valence-corrected chi connectivity index (χ1v) is 4.99. The molecule has 0 radical (unpaired) electrons. The molecule has 72 valence electrons. The topological polar surface area (TPSA) is 44.8 Å². The molecule has 3 rings (SSSR count). The average molecular weight is 188 g/mol. The standard InChI is InChI=1S/C10H12N4/c1-2-6-14(5-1)10-8-3-4-11-9(8)7-12-13-10/h3-4,7,11H,1-2,5-6H2. The van der Waals surface area contributed by atoms with Crippen LogP contribution < -0.4 is 4.90 Å². The van der Waals surface area contributed by atoms with Crippen LogP contribution in [-0.2, 0) is 0 Å². The van der Waals surface area contributed by atoms with Crippen molar-refractivity contribution in [3.63, 3.8) is 0 Å². The maximum atomic E-state index is 4.22. The zero-order valence-electron chi connectivity index (χ0n) is 7.90. The van der Waals surface area contributed by atoms with E-state index in [1.807, 2.05) is 6.20 Å². The summed E-state index contributed by atoms with van der Waals surface area (Å²) in [7, 11) is 0. The Morgan fingerprint density at radius 3 is 3.00 bits per heavy atom. The van der Waals surface area contributed by atoms with Crippen molar-refractivity contribution in [1.29, 1.82) is 0 Å². The highest BCUT2D eigenvalue weighted by Gasteiger charge is 2.16. The van der Waals surface area contributed by atoms with Gasteiger partial charge in [-0.2, -0.15) is 5.10 Å². The molecule has 1 saturated heterocycles.